The Bertz CT molecular complexity index is 3630. The first-order valence-corrected chi connectivity index (χ1v) is 24.3. The van der Waals surface area contributed by atoms with Gasteiger partial charge in [-0.25, -0.2) is 0 Å². The number of hydrogen-bond acceptors (Lipinski definition) is 3. The van der Waals surface area contributed by atoms with Crippen LogP contribution in [-0.2, 0) is 0 Å². The second-order valence-corrected chi connectivity index (χ2v) is 18.3. The maximum Gasteiger partial charge on any atom is 0.0555 e. The van der Waals surface area contributed by atoms with E-state index in [4.69, 9.17) is 0 Å². The molecular formula is C66H46N2S. The number of benzene rings is 11. The molecule has 0 aliphatic heterocycles. The Morgan fingerprint density at radius 2 is 0.681 bits per heavy atom. The van der Waals surface area contributed by atoms with Crippen LogP contribution in [0.15, 0.2) is 279 Å². The van der Waals surface area contributed by atoms with Crippen LogP contribution in [0.1, 0.15) is 0 Å². The molecule has 12 rings (SSSR count). The van der Waals surface area contributed by atoms with E-state index in [0.717, 1.165) is 56.4 Å². The summed E-state index contributed by atoms with van der Waals surface area (Å²) in [4.78, 5) is 4.89. The number of hydrogen-bond donors (Lipinski definition) is 0. The standard InChI is InChI=1S/C66H46N2S/c1-5-21-47(22-6-1)48-39-41-54(42-40-48)67(63-44-43-59(51-27-11-4-12-28-51)66-65(63)60-35-15-18-38-64(60)69-66)55-31-19-29-52(45-55)53-30-20-32-56(46-53)68(61-36-16-13-33-57(61)49-23-7-2-8-24-49)62-37-17-14-34-58(62)50-25-9-3-10-26-50/h1-46H. The number of nitrogens with zero attached hydrogens (tertiary/aromatic N) is 2. The smallest absolute Gasteiger partial charge is 0.0555 e. The number of anilines is 6. The zero-order chi connectivity index (χ0) is 45.9. The van der Waals surface area contributed by atoms with Gasteiger partial charge in [-0.2, -0.15) is 0 Å². The maximum absolute atomic E-state index is 2.46. The lowest BCUT2D eigenvalue weighted by atomic mass is 9.97. The zero-order valence-corrected chi connectivity index (χ0v) is 38.7. The third-order valence-electron chi connectivity index (χ3n) is 13.1. The van der Waals surface area contributed by atoms with Gasteiger partial charge in [0.1, 0.15) is 0 Å². The highest BCUT2D eigenvalue weighted by Crippen LogP contribution is 2.50. The van der Waals surface area contributed by atoms with Gasteiger partial charge in [-0.15, -0.1) is 11.3 Å². The Morgan fingerprint density at radius 1 is 0.246 bits per heavy atom. The minimum Gasteiger partial charge on any atom is -0.310 e. The number of para-hydroxylation sites is 2. The largest absolute Gasteiger partial charge is 0.310 e. The van der Waals surface area contributed by atoms with Crippen molar-refractivity contribution in [1.29, 1.82) is 0 Å². The van der Waals surface area contributed by atoms with Crippen LogP contribution in [0.5, 0.6) is 0 Å². The van der Waals surface area contributed by atoms with Gasteiger partial charge in [-0.05, 0) is 105 Å². The van der Waals surface area contributed by atoms with Crippen molar-refractivity contribution in [1.82, 2.24) is 0 Å². The molecule has 2 nitrogen and oxygen atoms in total. The molecule has 0 amide bonds. The van der Waals surface area contributed by atoms with E-state index in [-0.39, 0.29) is 0 Å². The molecule has 12 aromatic rings. The van der Waals surface area contributed by atoms with E-state index >= 15 is 0 Å². The molecule has 0 spiro atoms. The van der Waals surface area contributed by atoms with Crippen LogP contribution in [0, 0.1) is 0 Å². The maximum atomic E-state index is 2.46. The molecule has 0 saturated heterocycles. The molecule has 0 saturated carbocycles. The lowest BCUT2D eigenvalue weighted by molar-refractivity contribution is 1.28. The number of fused-ring (bicyclic) bond motifs is 3. The van der Waals surface area contributed by atoms with Crippen LogP contribution in [-0.4, -0.2) is 0 Å². The molecule has 0 fully saturated rings. The Hall–Kier alpha value is -8.76. The van der Waals surface area contributed by atoms with Crippen molar-refractivity contribution in [3.63, 3.8) is 0 Å². The predicted octanol–water partition coefficient (Wildman–Crippen LogP) is 19.3. The van der Waals surface area contributed by atoms with Gasteiger partial charge in [-0.3, -0.25) is 0 Å². The van der Waals surface area contributed by atoms with Crippen LogP contribution < -0.4 is 9.80 Å². The summed E-state index contributed by atoms with van der Waals surface area (Å²) in [6.45, 7) is 0. The molecule has 0 radical (unpaired) electrons. The van der Waals surface area contributed by atoms with Crippen LogP contribution >= 0.6 is 11.3 Å². The minimum atomic E-state index is 1.07. The number of thiophene rings is 1. The van der Waals surface area contributed by atoms with Crippen molar-refractivity contribution in [3.05, 3.63) is 279 Å². The third-order valence-corrected chi connectivity index (χ3v) is 14.3. The highest BCUT2D eigenvalue weighted by atomic mass is 32.1. The van der Waals surface area contributed by atoms with Crippen molar-refractivity contribution in [2.75, 3.05) is 9.80 Å². The van der Waals surface area contributed by atoms with Gasteiger partial charge in [0.05, 0.1) is 17.1 Å². The van der Waals surface area contributed by atoms with Crippen molar-refractivity contribution in [2.45, 2.75) is 0 Å². The van der Waals surface area contributed by atoms with Gasteiger partial charge in [-0.1, -0.05) is 218 Å². The van der Waals surface area contributed by atoms with Crippen LogP contribution in [0.25, 0.3) is 75.8 Å². The van der Waals surface area contributed by atoms with Gasteiger partial charge >= 0.3 is 0 Å². The molecule has 0 atom stereocenters. The SMILES string of the molecule is c1ccc(-c2ccc(N(c3cccc(-c4cccc(N(c5ccccc5-c5ccccc5)c5ccccc5-c5ccccc5)c4)c3)c3ccc(-c4ccccc4)c4sc5ccccc5c34)cc2)cc1. The number of rotatable bonds is 11. The first-order valence-electron chi connectivity index (χ1n) is 23.5. The van der Waals surface area contributed by atoms with Gasteiger partial charge in [0.2, 0.25) is 0 Å². The normalized spacial score (nSPS) is 11.2. The Kier molecular flexibility index (Phi) is 11.2. The van der Waals surface area contributed by atoms with Crippen LogP contribution in [0.2, 0.25) is 0 Å². The predicted molar refractivity (Wildman–Crippen MR) is 296 cm³/mol. The first-order chi connectivity index (χ1) is 34.2. The summed E-state index contributed by atoms with van der Waals surface area (Å²) in [5.41, 5.74) is 18.3. The fourth-order valence-electron chi connectivity index (χ4n) is 9.82. The molecular weight excluding hydrogens is 853 g/mol. The summed E-state index contributed by atoms with van der Waals surface area (Å²) >= 11 is 1.87. The van der Waals surface area contributed by atoms with Crippen LogP contribution in [0.4, 0.5) is 34.1 Å². The average Bonchev–Trinajstić information content (AvgIpc) is 3.83. The van der Waals surface area contributed by atoms with E-state index in [1.54, 1.807) is 0 Å². The Morgan fingerprint density at radius 3 is 1.25 bits per heavy atom. The molecule has 0 bridgehead atoms. The quantitative estimate of drug-likeness (QED) is 0.128. The monoisotopic (exact) mass is 898 g/mol. The van der Waals surface area contributed by atoms with Crippen molar-refractivity contribution in [2.24, 2.45) is 0 Å². The highest BCUT2D eigenvalue weighted by molar-refractivity contribution is 7.26. The summed E-state index contributed by atoms with van der Waals surface area (Å²) in [7, 11) is 0. The summed E-state index contributed by atoms with van der Waals surface area (Å²) in [5.74, 6) is 0. The summed E-state index contributed by atoms with van der Waals surface area (Å²) < 4.78 is 2.55. The molecule has 0 aliphatic rings. The van der Waals surface area contributed by atoms with Crippen molar-refractivity contribution in [3.8, 4) is 55.6 Å². The molecule has 3 heteroatoms. The molecule has 0 aliphatic carbocycles. The minimum absolute atomic E-state index is 1.07. The molecule has 326 valence electrons. The Labute approximate surface area is 407 Å². The second-order valence-electron chi connectivity index (χ2n) is 17.3. The molecule has 1 heterocycles. The summed E-state index contributed by atoms with van der Waals surface area (Å²) in [6, 6.07) is 101. The van der Waals surface area contributed by atoms with Crippen molar-refractivity contribution >= 4 is 65.6 Å². The van der Waals surface area contributed by atoms with Crippen molar-refractivity contribution < 1.29 is 0 Å². The van der Waals surface area contributed by atoms with Gasteiger partial charge < -0.3 is 9.80 Å². The first kappa shape index (κ1) is 41.7. The van der Waals surface area contributed by atoms with E-state index in [1.807, 2.05) is 11.3 Å². The Balaban J connectivity index is 1.04. The summed E-state index contributed by atoms with van der Waals surface area (Å²) in [5, 5.41) is 2.51. The second kappa shape index (κ2) is 18.5. The molecule has 69 heavy (non-hydrogen) atoms. The molecule has 1 aromatic heterocycles. The third kappa shape index (κ3) is 8.05. The van der Waals surface area contributed by atoms with E-state index in [2.05, 4.69) is 289 Å². The molecule has 0 N–H and O–H groups in total. The lowest BCUT2D eigenvalue weighted by Gasteiger charge is -2.30. The fourth-order valence-corrected chi connectivity index (χ4v) is 11.1. The lowest BCUT2D eigenvalue weighted by Crippen LogP contribution is -2.12. The highest BCUT2D eigenvalue weighted by Gasteiger charge is 2.23. The van der Waals surface area contributed by atoms with E-state index in [1.165, 1.54) is 53.6 Å². The van der Waals surface area contributed by atoms with E-state index in [9.17, 15) is 0 Å². The van der Waals surface area contributed by atoms with E-state index in [0.29, 0.717) is 0 Å². The molecule has 0 unspecified atom stereocenters. The van der Waals surface area contributed by atoms with E-state index < -0.39 is 0 Å². The fraction of sp³-hybridized carbons (Fsp3) is 0. The van der Waals surface area contributed by atoms with Gasteiger partial charge in [0, 0.05) is 48.4 Å². The van der Waals surface area contributed by atoms with Gasteiger partial charge in [0.25, 0.3) is 0 Å². The zero-order valence-electron chi connectivity index (χ0n) is 37.9. The topological polar surface area (TPSA) is 6.48 Å². The average molecular weight is 899 g/mol. The van der Waals surface area contributed by atoms with Gasteiger partial charge in [0.15, 0.2) is 0 Å². The molecule has 11 aromatic carbocycles. The van der Waals surface area contributed by atoms with Crippen LogP contribution in [0.3, 0.4) is 0 Å². The summed E-state index contributed by atoms with van der Waals surface area (Å²) in [6.07, 6.45) is 0.